The average molecular weight is 381 g/mol. The molecular weight excluding hydrogens is 348 g/mol. The summed E-state index contributed by atoms with van der Waals surface area (Å²) in [6.45, 7) is 1.83. The van der Waals surface area contributed by atoms with Crippen LogP contribution in [0.25, 0.3) is 22.2 Å². The molecule has 4 N–H and O–H groups in total. The van der Waals surface area contributed by atoms with E-state index in [1.165, 1.54) is 32.1 Å². The number of aromatic amines is 1. The lowest BCUT2D eigenvalue weighted by Crippen LogP contribution is -2.12. The number of hydrogen-bond donors (Lipinski definition) is 3. The topological polar surface area (TPSA) is 83.8 Å². The van der Waals surface area contributed by atoms with E-state index in [4.69, 9.17) is 5.73 Å². The van der Waals surface area contributed by atoms with Gasteiger partial charge in [0.2, 0.25) is 0 Å². The van der Waals surface area contributed by atoms with E-state index in [1.54, 1.807) is 6.20 Å². The number of aromatic nitrogens is 2. The number of imidazole rings is 1. The predicted octanol–water partition coefficient (Wildman–Crippen LogP) is 4.55. The first-order valence-electron chi connectivity index (χ1n) is 10.1. The summed E-state index contributed by atoms with van der Waals surface area (Å²) in [5.41, 5.74) is 6.68. The largest absolute Gasteiger partial charge is 0.336 e. The fourth-order valence-corrected chi connectivity index (χ4v) is 3.13. The van der Waals surface area contributed by atoms with Crippen molar-refractivity contribution >= 4 is 17.1 Å². The Labute approximate surface area is 167 Å². The number of aldehydes is 1. The van der Waals surface area contributed by atoms with E-state index in [9.17, 15) is 4.79 Å². The molecule has 0 radical (unpaired) electrons. The van der Waals surface area contributed by atoms with Gasteiger partial charge in [-0.25, -0.2) is 4.98 Å². The van der Waals surface area contributed by atoms with Crippen LogP contribution in [0, 0.1) is 0 Å². The molecule has 0 amide bonds. The van der Waals surface area contributed by atoms with E-state index in [0.29, 0.717) is 5.69 Å². The molecule has 0 atom stereocenters. The average Bonchev–Trinajstić information content (AvgIpc) is 3.47. The SMILES string of the molecule is C1CCCC1.CNCCCN.O=Cc1cnc(-c2cccc3ccccc23)[nH]1. The summed E-state index contributed by atoms with van der Waals surface area (Å²) in [5, 5.41) is 5.28. The van der Waals surface area contributed by atoms with Crippen molar-refractivity contribution in [2.75, 3.05) is 20.1 Å². The Hall–Kier alpha value is -2.50. The van der Waals surface area contributed by atoms with Crippen LogP contribution in [-0.4, -0.2) is 36.4 Å². The van der Waals surface area contributed by atoms with Gasteiger partial charge in [0.25, 0.3) is 0 Å². The molecule has 4 rings (SSSR count). The van der Waals surface area contributed by atoms with Crippen molar-refractivity contribution in [3.63, 3.8) is 0 Å². The zero-order chi connectivity index (χ0) is 20.0. The summed E-state index contributed by atoms with van der Waals surface area (Å²) in [5.74, 6) is 0.726. The van der Waals surface area contributed by atoms with E-state index < -0.39 is 0 Å². The highest BCUT2D eigenvalue weighted by Crippen LogP contribution is 2.26. The van der Waals surface area contributed by atoms with Gasteiger partial charge in [0, 0.05) is 5.56 Å². The number of carbonyl (C=O) groups excluding carboxylic acids is 1. The number of hydrogen-bond acceptors (Lipinski definition) is 4. The van der Waals surface area contributed by atoms with Crippen molar-refractivity contribution in [3.8, 4) is 11.4 Å². The monoisotopic (exact) mass is 380 g/mol. The van der Waals surface area contributed by atoms with Gasteiger partial charge in [-0.05, 0) is 37.3 Å². The van der Waals surface area contributed by atoms with Gasteiger partial charge < -0.3 is 16.0 Å². The molecule has 3 aromatic rings. The molecule has 1 aromatic heterocycles. The first-order chi connectivity index (χ1) is 13.8. The molecule has 0 spiro atoms. The van der Waals surface area contributed by atoms with Gasteiger partial charge in [0.15, 0.2) is 6.29 Å². The molecule has 1 heterocycles. The summed E-state index contributed by atoms with van der Waals surface area (Å²) < 4.78 is 0. The van der Waals surface area contributed by atoms with E-state index in [1.807, 2.05) is 37.4 Å². The van der Waals surface area contributed by atoms with Gasteiger partial charge in [-0.3, -0.25) is 4.79 Å². The van der Waals surface area contributed by atoms with Crippen molar-refractivity contribution in [2.24, 2.45) is 5.73 Å². The number of carbonyl (C=O) groups is 1. The summed E-state index contributed by atoms with van der Waals surface area (Å²) >= 11 is 0. The number of benzene rings is 2. The third-order valence-corrected chi connectivity index (χ3v) is 4.65. The number of H-pyrrole nitrogens is 1. The van der Waals surface area contributed by atoms with Crippen molar-refractivity contribution in [1.29, 1.82) is 0 Å². The fourth-order valence-electron chi connectivity index (χ4n) is 3.13. The van der Waals surface area contributed by atoms with Crippen molar-refractivity contribution < 1.29 is 4.79 Å². The minimum atomic E-state index is 0.493. The smallest absolute Gasteiger partial charge is 0.167 e. The maximum absolute atomic E-state index is 10.6. The molecule has 0 unspecified atom stereocenters. The quantitative estimate of drug-likeness (QED) is 0.448. The third kappa shape index (κ3) is 6.91. The molecule has 1 saturated carbocycles. The second-order valence-corrected chi connectivity index (χ2v) is 6.85. The summed E-state index contributed by atoms with van der Waals surface area (Å²) in [4.78, 5) is 17.9. The van der Waals surface area contributed by atoms with Crippen LogP contribution >= 0.6 is 0 Å². The molecule has 5 nitrogen and oxygen atoms in total. The second kappa shape index (κ2) is 12.8. The Morgan fingerprint density at radius 1 is 1.07 bits per heavy atom. The number of nitrogens with one attached hydrogen (secondary N) is 2. The Morgan fingerprint density at radius 3 is 2.32 bits per heavy atom. The Bertz CT molecular complexity index is 807. The van der Waals surface area contributed by atoms with E-state index in [-0.39, 0.29) is 0 Å². The zero-order valence-electron chi connectivity index (χ0n) is 16.8. The van der Waals surface area contributed by atoms with E-state index >= 15 is 0 Å². The fraction of sp³-hybridized carbons (Fsp3) is 0.391. The third-order valence-electron chi connectivity index (χ3n) is 4.65. The lowest BCUT2D eigenvalue weighted by atomic mass is 10.0. The Kier molecular flexibility index (Phi) is 9.97. The van der Waals surface area contributed by atoms with Gasteiger partial charge in [0.05, 0.1) is 11.9 Å². The second-order valence-electron chi connectivity index (χ2n) is 6.85. The first kappa shape index (κ1) is 21.8. The maximum atomic E-state index is 10.6. The minimum Gasteiger partial charge on any atom is -0.336 e. The van der Waals surface area contributed by atoms with Gasteiger partial charge in [-0.1, -0.05) is 74.6 Å². The molecule has 1 aliphatic rings. The molecule has 0 aliphatic heterocycles. The van der Waals surface area contributed by atoms with Crippen LogP contribution in [0.4, 0.5) is 0 Å². The molecule has 1 aliphatic carbocycles. The molecule has 150 valence electrons. The van der Waals surface area contributed by atoms with Crippen molar-refractivity contribution in [1.82, 2.24) is 15.3 Å². The number of fused-ring (bicyclic) bond motifs is 1. The lowest BCUT2D eigenvalue weighted by molar-refractivity contribution is 0.111. The predicted molar refractivity (Wildman–Crippen MR) is 118 cm³/mol. The molecule has 1 fully saturated rings. The highest BCUT2D eigenvalue weighted by molar-refractivity contribution is 5.95. The van der Waals surface area contributed by atoms with Crippen LogP contribution in [0.15, 0.2) is 48.7 Å². The Morgan fingerprint density at radius 2 is 1.75 bits per heavy atom. The van der Waals surface area contributed by atoms with Gasteiger partial charge in [0.1, 0.15) is 5.82 Å². The standard InChI is InChI=1S/C14H10N2O.C5H10.C4H12N2/c17-9-11-8-15-14(16-11)13-7-3-5-10-4-1-2-6-12(10)13;1-2-4-5-3-1;1-6-4-2-3-5/h1-9H,(H,15,16);1-5H2;6H,2-5H2,1H3. The highest BCUT2D eigenvalue weighted by Gasteiger charge is 2.06. The lowest BCUT2D eigenvalue weighted by Gasteiger charge is -2.03. The van der Waals surface area contributed by atoms with Gasteiger partial charge in [-0.15, -0.1) is 0 Å². The van der Waals surface area contributed by atoms with Gasteiger partial charge >= 0.3 is 0 Å². The van der Waals surface area contributed by atoms with Crippen LogP contribution in [0.5, 0.6) is 0 Å². The maximum Gasteiger partial charge on any atom is 0.167 e. The van der Waals surface area contributed by atoms with Crippen LogP contribution in [0.1, 0.15) is 49.0 Å². The summed E-state index contributed by atoms with van der Waals surface area (Å²) in [6.07, 6.45) is 10.9. The van der Waals surface area contributed by atoms with Gasteiger partial charge in [-0.2, -0.15) is 0 Å². The molecule has 5 heteroatoms. The molecule has 2 aromatic carbocycles. The highest BCUT2D eigenvalue weighted by atomic mass is 16.1. The summed E-state index contributed by atoms with van der Waals surface area (Å²) in [6, 6.07) is 14.1. The van der Waals surface area contributed by atoms with Crippen LogP contribution in [-0.2, 0) is 0 Å². The van der Waals surface area contributed by atoms with Crippen molar-refractivity contribution in [2.45, 2.75) is 38.5 Å². The van der Waals surface area contributed by atoms with E-state index in [2.05, 4.69) is 27.4 Å². The Balaban J connectivity index is 0.000000210. The zero-order valence-corrected chi connectivity index (χ0v) is 16.8. The number of nitrogens with two attached hydrogens (primary N) is 1. The molecular formula is C23H32N4O. The van der Waals surface area contributed by atoms with Crippen LogP contribution < -0.4 is 11.1 Å². The minimum absolute atomic E-state index is 0.493. The summed E-state index contributed by atoms with van der Waals surface area (Å²) in [7, 11) is 1.93. The molecule has 0 bridgehead atoms. The van der Waals surface area contributed by atoms with Crippen molar-refractivity contribution in [3.05, 3.63) is 54.4 Å². The van der Waals surface area contributed by atoms with Crippen LogP contribution in [0.3, 0.4) is 0 Å². The van der Waals surface area contributed by atoms with Crippen LogP contribution in [0.2, 0.25) is 0 Å². The van der Waals surface area contributed by atoms with E-state index in [0.717, 1.165) is 48.0 Å². The number of nitrogens with zero attached hydrogens (tertiary/aromatic N) is 1. The first-order valence-corrected chi connectivity index (χ1v) is 10.1. The molecule has 28 heavy (non-hydrogen) atoms. The normalized spacial score (nSPS) is 12.6. The number of rotatable bonds is 5. The molecule has 0 saturated heterocycles.